The molecule has 0 unspecified atom stereocenters. The minimum atomic E-state index is -0.424. The average Bonchev–Trinajstić information content (AvgIpc) is 2.44. The van der Waals surface area contributed by atoms with Gasteiger partial charge in [0.05, 0.1) is 5.41 Å². The van der Waals surface area contributed by atoms with Crippen molar-refractivity contribution < 1.29 is 15.0 Å². The summed E-state index contributed by atoms with van der Waals surface area (Å²) in [6, 6.07) is 3.64. The van der Waals surface area contributed by atoms with Gasteiger partial charge in [0.2, 0.25) is 0 Å². The predicted octanol–water partition coefficient (Wildman–Crippen LogP) is 1.62. The maximum absolute atomic E-state index is 12.7. The van der Waals surface area contributed by atoms with Crippen molar-refractivity contribution in [1.82, 2.24) is 5.32 Å². The van der Waals surface area contributed by atoms with Crippen molar-refractivity contribution in [3.63, 3.8) is 0 Å². The largest absolute Gasteiger partial charge is 0.504 e. The third-order valence-corrected chi connectivity index (χ3v) is 5.63. The Balaban J connectivity index is 1.99. The van der Waals surface area contributed by atoms with Gasteiger partial charge in [-0.2, -0.15) is 0 Å². The fourth-order valence-corrected chi connectivity index (χ4v) is 4.79. The molecule has 2 bridgehead atoms. The first kappa shape index (κ1) is 12.2. The molecule has 3 atom stereocenters. The summed E-state index contributed by atoms with van der Waals surface area (Å²) in [5, 5.41) is 23.4. The van der Waals surface area contributed by atoms with Crippen LogP contribution in [0, 0.1) is 5.92 Å². The lowest BCUT2D eigenvalue weighted by Gasteiger charge is -2.54. The first-order chi connectivity index (χ1) is 9.64. The van der Waals surface area contributed by atoms with E-state index in [4.69, 9.17) is 0 Å². The number of rotatable bonds is 0. The maximum Gasteiger partial charge on any atom is 0.161 e. The molecule has 4 nitrogen and oxygen atoms in total. The molecule has 0 radical (unpaired) electrons. The van der Waals surface area contributed by atoms with E-state index >= 15 is 0 Å². The SMILES string of the molecule is O=C1CCC[C@H]2[C@H]3Cc4c(ccc(O)c4O)[C@@]12CCN3. The lowest BCUT2D eigenvalue weighted by molar-refractivity contribution is -0.132. The van der Waals surface area contributed by atoms with Gasteiger partial charge < -0.3 is 15.5 Å². The van der Waals surface area contributed by atoms with E-state index in [1.807, 2.05) is 6.07 Å². The van der Waals surface area contributed by atoms with Gasteiger partial charge >= 0.3 is 0 Å². The van der Waals surface area contributed by atoms with Crippen LogP contribution in [-0.4, -0.2) is 28.6 Å². The molecular weight excluding hydrogens is 254 g/mol. The highest BCUT2D eigenvalue weighted by Gasteiger charge is 2.56. The average molecular weight is 273 g/mol. The lowest BCUT2D eigenvalue weighted by Crippen LogP contribution is -2.62. The van der Waals surface area contributed by atoms with E-state index in [9.17, 15) is 15.0 Å². The Kier molecular flexibility index (Phi) is 2.43. The van der Waals surface area contributed by atoms with Crippen molar-refractivity contribution in [2.45, 2.75) is 43.6 Å². The van der Waals surface area contributed by atoms with Crippen LogP contribution in [0.25, 0.3) is 0 Å². The van der Waals surface area contributed by atoms with Crippen molar-refractivity contribution >= 4 is 5.78 Å². The number of hydrogen-bond acceptors (Lipinski definition) is 4. The number of fused-ring (bicyclic) bond motifs is 1. The van der Waals surface area contributed by atoms with E-state index in [0.29, 0.717) is 24.5 Å². The minimum absolute atomic E-state index is 0.0348. The smallest absolute Gasteiger partial charge is 0.161 e. The standard InChI is InChI=1S/C16H19NO3/c18-13-5-4-10-9(15(13)20)8-12-11-2-1-3-14(19)16(10,11)6-7-17-12/h4-5,11-12,17-18,20H,1-3,6-8H2/t11-,12+,16+/m0/s1. The van der Waals surface area contributed by atoms with Crippen LogP contribution in [0.4, 0.5) is 0 Å². The van der Waals surface area contributed by atoms with Gasteiger partial charge in [-0.1, -0.05) is 6.07 Å². The molecule has 4 heteroatoms. The first-order valence-corrected chi connectivity index (χ1v) is 7.45. The number of ketones is 1. The van der Waals surface area contributed by atoms with Gasteiger partial charge in [-0.15, -0.1) is 0 Å². The highest BCUT2D eigenvalue weighted by molar-refractivity contribution is 5.93. The van der Waals surface area contributed by atoms with E-state index in [1.54, 1.807) is 0 Å². The van der Waals surface area contributed by atoms with Gasteiger partial charge in [-0.25, -0.2) is 0 Å². The number of phenolic OH excluding ortho intramolecular Hbond substituents is 2. The van der Waals surface area contributed by atoms with Crippen LogP contribution < -0.4 is 5.32 Å². The Labute approximate surface area is 117 Å². The predicted molar refractivity (Wildman–Crippen MR) is 73.9 cm³/mol. The molecule has 4 rings (SSSR count). The lowest BCUT2D eigenvalue weighted by atomic mass is 9.52. The number of hydrogen-bond donors (Lipinski definition) is 3. The van der Waals surface area contributed by atoms with Crippen molar-refractivity contribution in [3.05, 3.63) is 23.3 Å². The summed E-state index contributed by atoms with van der Waals surface area (Å²) in [7, 11) is 0. The van der Waals surface area contributed by atoms with Crippen LogP contribution in [0.15, 0.2) is 12.1 Å². The van der Waals surface area contributed by atoms with Crippen molar-refractivity contribution in [2.24, 2.45) is 5.92 Å². The first-order valence-electron chi connectivity index (χ1n) is 7.45. The Hall–Kier alpha value is -1.55. The topological polar surface area (TPSA) is 69.6 Å². The molecule has 3 N–H and O–H groups in total. The molecular formula is C16H19NO3. The van der Waals surface area contributed by atoms with Crippen molar-refractivity contribution in [3.8, 4) is 11.5 Å². The zero-order chi connectivity index (χ0) is 13.9. The van der Waals surface area contributed by atoms with E-state index in [1.165, 1.54) is 6.07 Å². The highest BCUT2D eigenvalue weighted by atomic mass is 16.3. The number of nitrogens with one attached hydrogen (secondary N) is 1. The number of benzene rings is 1. The molecule has 1 aromatic carbocycles. The van der Waals surface area contributed by atoms with Gasteiger partial charge in [0.1, 0.15) is 5.78 Å². The molecule has 1 aliphatic heterocycles. The monoisotopic (exact) mass is 273 g/mol. The summed E-state index contributed by atoms with van der Waals surface area (Å²) in [6.07, 6.45) is 4.21. The van der Waals surface area contributed by atoms with Crippen LogP contribution >= 0.6 is 0 Å². The second-order valence-electron chi connectivity index (χ2n) is 6.37. The van der Waals surface area contributed by atoms with Crippen molar-refractivity contribution in [2.75, 3.05) is 6.54 Å². The zero-order valence-electron chi connectivity index (χ0n) is 11.4. The maximum atomic E-state index is 12.7. The summed E-state index contributed by atoms with van der Waals surface area (Å²) in [4.78, 5) is 12.7. The van der Waals surface area contributed by atoms with Crippen LogP contribution in [0.2, 0.25) is 0 Å². The quantitative estimate of drug-likeness (QED) is 0.628. The Bertz CT molecular complexity index is 598. The third-order valence-electron chi connectivity index (χ3n) is 5.63. The van der Waals surface area contributed by atoms with E-state index in [0.717, 1.165) is 36.9 Å². The fourth-order valence-electron chi connectivity index (χ4n) is 4.79. The summed E-state index contributed by atoms with van der Waals surface area (Å²) in [5.74, 6) is 0.549. The number of Topliss-reactive ketones (excluding diaryl/α,β-unsaturated/α-hetero) is 1. The molecule has 3 aliphatic rings. The number of carbonyl (C=O) groups excluding carboxylic acids is 1. The number of piperidine rings is 1. The van der Waals surface area contributed by atoms with Crippen LogP contribution in [-0.2, 0) is 16.6 Å². The normalized spacial score (nSPS) is 35.3. The molecule has 0 aromatic heterocycles. The molecule has 2 fully saturated rings. The Morgan fingerprint density at radius 3 is 3.00 bits per heavy atom. The molecule has 1 saturated carbocycles. The molecule has 0 spiro atoms. The van der Waals surface area contributed by atoms with Gasteiger partial charge in [-0.3, -0.25) is 4.79 Å². The molecule has 0 amide bonds. The number of aromatic hydroxyl groups is 2. The van der Waals surface area contributed by atoms with Gasteiger partial charge in [0.15, 0.2) is 11.5 Å². The molecule has 1 heterocycles. The Morgan fingerprint density at radius 2 is 2.15 bits per heavy atom. The minimum Gasteiger partial charge on any atom is -0.504 e. The second-order valence-corrected chi connectivity index (χ2v) is 6.37. The fraction of sp³-hybridized carbons (Fsp3) is 0.562. The molecule has 1 saturated heterocycles. The summed E-state index contributed by atoms with van der Waals surface area (Å²) >= 11 is 0. The van der Waals surface area contributed by atoms with Crippen molar-refractivity contribution in [1.29, 1.82) is 0 Å². The summed E-state index contributed by atoms with van der Waals surface area (Å²) < 4.78 is 0. The Morgan fingerprint density at radius 1 is 1.30 bits per heavy atom. The molecule has 1 aromatic rings. The van der Waals surface area contributed by atoms with E-state index in [2.05, 4.69) is 5.32 Å². The third kappa shape index (κ3) is 1.32. The van der Waals surface area contributed by atoms with Gasteiger partial charge in [-0.05, 0) is 49.8 Å². The molecule has 20 heavy (non-hydrogen) atoms. The van der Waals surface area contributed by atoms with Crippen LogP contribution in [0.1, 0.15) is 36.8 Å². The summed E-state index contributed by atoms with van der Waals surface area (Å²) in [5.41, 5.74) is 1.32. The van der Waals surface area contributed by atoms with Crippen LogP contribution in [0.3, 0.4) is 0 Å². The molecule has 2 aliphatic carbocycles. The zero-order valence-corrected chi connectivity index (χ0v) is 11.4. The second kappa shape index (κ2) is 3.98. The number of carbonyl (C=O) groups is 1. The highest BCUT2D eigenvalue weighted by Crippen LogP contribution is 2.54. The summed E-state index contributed by atoms with van der Waals surface area (Å²) in [6.45, 7) is 0.855. The van der Waals surface area contributed by atoms with E-state index < -0.39 is 5.41 Å². The van der Waals surface area contributed by atoms with E-state index in [-0.39, 0.29) is 17.5 Å². The van der Waals surface area contributed by atoms with Gasteiger partial charge in [0.25, 0.3) is 0 Å². The number of phenols is 2. The molecule has 106 valence electrons. The van der Waals surface area contributed by atoms with Crippen LogP contribution in [0.5, 0.6) is 11.5 Å². The van der Waals surface area contributed by atoms with Gasteiger partial charge in [0, 0.05) is 18.0 Å².